The third kappa shape index (κ3) is 5.01. The van der Waals surface area contributed by atoms with E-state index in [9.17, 15) is 4.79 Å². The van der Waals surface area contributed by atoms with Crippen LogP contribution in [0, 0.1) is 12.8 Å². The van der Waals surface area contributed by atoms with Crippen LogP contribution in [0.1, 0.15) is 25.5 Å². The summed E-state index contributed by atoms with van der Waals surface area (Å²) in [7, 11) is 1.64. The lowest BCUT2D eigenvalue weighted by molar-refractivity contribution is -0.126. The maximum absolute atomic E-state index is 12.4. The van der Waals surface area contributed by atoms with Gasteiger partial charge in [0.1, 0.15) is 5.82 Å². The van der Waals surface area contributed by atoms with Crippen molar-refractivity contribution < 1.29 is 9.53 Å². The zero-order valence-electron chi connectivity index (χ0n) is 16.2. The van der Waals surface area contributed by atoms with Crippen LogP contribution in [0.4, 0.5) is 5.82 Å². The Labute approximate surface area is 160 Å². The van der Waals surface area contributed by atoms with E-state index < -0.39 is 0 Å². The van der Waals surface area contributed by atoms with Gasteiger partial charge in [-0.15, -0.1) is 0 Å². The maximum atomic E-state index is 12.4. The molecule has 7 heteroatoms. The van der Waals surface area contributed by atoms with Gasteiger partial charge in [-0.2, -0.15) is 0 Å². The van der Waals surface area contributed by atoms with E-state index in [2.05, 4.69) is 20.2 Å². The Morgan fingerprint density at radius 1 is 1.37 bits per heavy atom. The van der Waals surface area contributed by atoms with Crippen molar-refractivity contribution in [2.75, 3.05) is 31.7 Å². The first-order valence-electron chi connectivity index (χ1n) is 9.37. The summed E-state index contributed by atoms with van der Waals surface area (Å²) in [5.41, 5.74) is 1.83. The number of ether oxygens (including phenoxy) is 1. The van der Waals surface area contributed by atoms with E-state index in [1.165, 1.54) is 0 Å². The predicted octanol–water partition coefficient (Wildman–Crippen LogP) is 2.21. The van der Waals surface area contributed by atoms with Crippen LogP contribution in [0.5, 0.6) is 0 Å². The molecule has 1 fully saturated rings. The minimum atomic E-state index is 0.0343. The van der Waals surface area contributed by atoms with Crippen LogP contribution < -0.4 is 10.2 Å². The summed E-state index contributed by atoms with van der Waals surface area (Å²) in [6.45, 7) is 6.07. The number of hydrogen-bond acceptors (Lipinski definition) is 6. The van der Waals surface area contributed by atoms with Gasteiger partial charge in [-0.05, 0) is 38.8 Å². The van der Waals surface area contributed by atoms with E-state index >= 15 is 0 Å². The lowest BCUT2D eigenvalue weighted by atomic mass is 9.95. The van der Waals surface area contributed by atoms with Gasteiger partial charge in [0.25, 0.3) is 0 Å². The van der Waals surface area contributed by atoms with Gasteiger partial charge in [-0.25, -0.2) is 9.97 Å². The van der Waals surface area contributed by atoms with Gasteiger partial charge < -0.3 is 15.0 Å². The highest BCUT2D eigenvalue weighted by Crippen LogP contribution is 2.25. The zero-order valence-corrected chi connectivity index (χ0v) is 16.2. The van der Waals surface area contributed by atoms with Crippen LogP contribution in [-0.2, 0) is 9.53 Å². The van der Waals surface area contributed by atoms with E-state index in [-0.39, 0.29) is 17.9 Å². The van der Waals surface area contributed by atoms with Crippen molar-refractivity contribution in [1.29, 1.82) is 0 Å². The second kappa shape index (κ2) is 8.90. The smallest absolute Gasteiger partial charge is 0.223 e. The Bertz CT molecular complexity index is 760. The lowest BCUT2D eigenvalue weighted by Gasteiger charge is -2.32. The first-order chi connectivity index (χ1) is 13.1. The number of amides is 1. The SMILES string of the molecule is COCC(C)NC(=O)C1CCN(c2cc(C)nc(-c3cccnc3)n2)CC1. The number of carbonyl (C=O) groups is 1. The maximum Gasteiger partial charge on any atom is 0.223 e. The summed E-state index contributed by atoms with van der Waals surface area (Å²) in [4.78, 5) is 28.1. The number of nitrogens with zero attached hydrogens (tertiary/aromatic N) is 4. The second-order valence-corrected chi connectivity index (χ2v) is 7.06. The highest BCUT2D eigenvalue weighted by molar-refractivity contribution is 5.79. The van der Waals surface area contributed by atoms with Gasteiger partial charge in [0.05, 0.1) is 6.61 Å². The van der Waals surface area contributed by atoms with Gasteiger partial charge in [0.15, 0.2) is 5.82 Å². The fourth-order valence-corrected chi connectivity index (χ4v) is 3.36. The molecule has 0 saturated carbocycles. The van der Waals surface area contributed by atoms with Crippen molar-refractivity contribution in [3.63, 3.8) is 0 Å². The normalized spacial score (nSPS) is 16.2. The van der Waals surface area contributed by atoms with Gasteiger partial charge in [0, 0.05) is 61.9 Å². The molecule has 3 rings (SSSR count). The van der Waals surface area contributed by atoms with E-state index in [0.717, 1.165) is 43.0 Å². The molecule has 27 heavy (non-hydrogen) atoms. The van der Waals surface area contributed by atoms with E-state index in [4.69, 9.17) is 9.72 Å². The van der Waals surface area contributed by atoms with E-state index in [0.29, 0.717) is 12.4 Å². The summed E-state index contributed by atoms with van der Waals surface area (Å²) in [6.07, 6.45) is 5.15. The van der Waals surface area contributed by atoms with Gasteiger partial charge in [-0.3, -0.25) is 9.78 Å². The highest BCUT2D eigenvalue weighted by Gasteiger charge is 2.26. The fourth-order valence-electron chi connectivity index (χ4n) is 3.36. The Hall–Kier alpha value is -2.54. The molecule has 3 heterocycles. The lowest BCUT2D eigenvalue weighted by Crippen LogP contribution is -2.44. The number of aromatic nitrogens is 3. The number of rotatable bonds is 6. The molecule has 0 bridgehead atoms. The minimum Gasteiger partial charge on any atom is -0.383 e. The quantitative estimate of drug-likeness (QED) is 0.841. The van der Waals surface area contributed by atoms with Gasteiger partial charge in [0.2, 0.25) is 5.91 Å². The number of aryl methyl sites for hydroxylation is 1. The van der Waals surface area contributed by atoms with Crippen molar-refractivity contribution in [2.24, 2.45) is 5.92 Å². The van der Waals surface area contributed by atoms with Crippen LogP contribution in [0.2, 0.25) is 0 Å². The summed E-state index contributed by atoms with van der Waals surface area (Å²) >= 11 is 0. The number of methoxy groups -OCH3 is 1. The molecule has 1 N–H and O–H groups in total. The van der Waals surface area contributed by atoms with Crippen LogP contribution in [0.15, 0.2) is 30.6 Å². The third-order valence-corrected chi connectivity index (χ3v) is 4.76. The van der Waals surface area contributed by atoms with Crippen molar-refractivity contribution in [3.8, 4) is 11.4 Å². The van der Waals surface area contributed by atoms with Crippen molar-refractivity contribution in [1.82, 2.24) is 20.3 Å². The molecule has 1 aliphatic heterocycles. The molecular weight excluding hydrogens is 342 g/mol. The second-order valence-electron chi connectivity index (χ2n) is 7.06. The van der Waals surface area contributed by atoms with Crippen LogP contribution >= 0.6 is 0 Å². The molecule has 1 aliphatic rings. The average molecular weight is 369 g/mol. The predicted molar refractivity (Wildman–Crippen MR) is 104 cm³/mol. The molecule has 1 unspecified atom stereocenters. The summed E-state index contributed by atoms with van der Waals surface area (Å²) < 4.78 is 5.08. The molecule has 144 valence electrons. The van der Waals surface area contributed by atoms with E-state index in [1.54, 1.807) is 19.5 Å². The number of nitrogens with one attached hydrogen (secondary N) is 1. The average Bonchev–Trinajstić information content (AvgIpc) is 2.68. The van der Waals surface area contributed by atoms with Crippen molar-refractivity contribution in [3.05, 3.63) is 36.3 Å². The minimum absolute atomic E-state index is 0.0343. The monoisotopic (exact) mass is 369 g/mol. The Morgan fingerprint density at radius 3 is 2.81 bits per heavy atom. The summed E-state index contributed by atoms with van der Waals surface area (Å²) in [6, 6.07) is 5.88. The molecule has 2 aromatic rings. The summed E-state index contributed by atoms with van der Waals surface area (Å²) in [5.74, 6) is 1.76. The molecule has 1 saturated heterocycles. The molecule has 0 aliphatic carbocycles. The van der Waals surface area contributed by atoms with Crippen molar-refractivity contribution >= 4 is 11.7 Å². The summed E-state index contributed by atoms with van der Waals surface area (Å²) in [5, 5.41) is 3.03. The van der Waals surface area contributed by atoms with Crippen LogP contribution in [-0.4, -0.2) is 53.7 Å². The van der Waals surface area contributed by atoms with Crippen LogP contribution in [0.3, 0.4) is 0 Å². The largest absolute Gasteiger partial charge is 0.383 e. The Morgan fingerprint density at radius 2 is 2.15 bits per heavy atom. The fraction of sp³-hybridized carbons (Fsp3) is 0.500. The third-order valence-electron chi connectivity index (χ3n) is 4.76. The molecule has 2 aromatic heterocycles. The number of hydrogen-bond donors (Lipinski definition) is 1. The standard InChI is InChI=1S/C20H27N5O2/c1-14-11-18(24-19(22-14)17-5-4-8-21-12-17)25-9-6-16(7-10-25)20(26)23-15(2)13-27-3/h4-5,8,11-12,15-16H,6-7,9-10,13H2,1-3H3,(H,23,26). The molecule has 1 atom stereocenters. The highest BCUT2D eigenvalue weighted by atomic mass is 16.5. The van der Waals surface area contributed by atoms with Gasteiger partial charge >= 0.3 is 0 Å². The van der Waals surface area contributed by atoms with Gasteiger partial charge in [-0.1, -0.05) is 0 Å². The number of anilines is 1. The molecule has 1 amide bonds. The van der Waals surface area contributed by atoms with Crippen LogP contribution in [0.25, 0.3) is 11.4 Å². The molecule has 0 aromatic carbocycles. The molecule has 0 spiro atoms. The topological polar surface area (TPSA) is 80.2 Å². The Kier molecular flexibility index (Phi) is 6.34. The molecular formula is C20H27N5O2. The number of piperidine rings is 1. The molecule has 0 radical (unpaired) electrons. The Balaban J connectivity index is 1.64. The zero-order chi connectivity index (χ0) is 19.2. The van der Waals surface area contributed by atoms with E-state index in [1.807, 2.05) is 32.0 Å². The first kappa shape index (κ1) is 19.2. The number of carbonyl (C=O) groups excluding carboxylic acids is 1. The number of pyridine rings is 1. The van der Waals surface area contributed by atoms with Crippen molar-refractivity contribution in [2.45, 2.75) is 32.7 Å². The molecule has 7 nitrogen and oxygen atoms in total. The first-order valence-corrected chi connectivity index (χ1v) is 9.37.